The molecule has 3 heteroatoms. The van der Waals surface area contributed by atoms with Crippen LogP contribution in [0.15, 0.2) is 42.5 Å². The molecule has 0 heterocycles. The first-order valence-corrected chi connectivity index (χ1v) is 8.85. The van der Waals surface area contributed by atoms with Crippen molar-refractivity contribution in [3.8, 4) is 0 Å². The molecule has 1 aliphatic carbocycles. The van der Waals surface area contributed by atoms with Gasteiger partial charge in [0.25, 0.3) is 0 Å². The second-order valence-electron chi connectivity index (χ2n) is 6.78. The number of carbonyl (C=O) groups is 1. The molecule has 128 valence electrons. The average Bonchev–Trinajstić information content (AvgIpc) is 2.66. The lowest BCUT2D eigenvalue weighted by atomic mass is 9.71. The molecule has 3 nitrogen and oxygen atoms in total. The molecule has 1 aliphatic rings. The van der Waals surface area contributed by atoms with E-state index in [4.69, 9.17) is 9.47 Å². The Labute approximate surface area is 144 Å². The predicted octanol–water partition coefficient (Wildman–Crippen LogP) is 4.87. The van der Waals surface area contributed by atoms with Gasteiger partial charge >= 0.3 is 5.97 Å². The highest BCUT2D eigenvalue weighted by molar-refractivity contribution is 5.86. The van der Waals surface area contributed by atoms with E-state index in [1.807, 2.05) is 24.3 Å². The number of hydrogen-bond acceptors (Lipinski definition) is 3. The molecule has 0 radical (unpaired) electrons. The number of hydrogen-bond donors (Lipinski definition) is 0. The molecule has 0 amide bonds. The first kappa shape index (κ1) is 17.0. The summed E-state index contributed by atoms with van der Waals surface area (Å²) in [5, 5.41) is 2.33. The lowest BCUT2D eigenvalue weighted by Gasteiger charge is -2.37. The van der Waals surface area contributed by atoms with Gasteiger partial charge in [-0.05, 0) is 48.4 Å². The molecule has 0 spiro atoms. The van der Waals surface area contributed by atoms with Crippen LogP contribution in [0.5, 0.6) is 0 Å². The monoisotopic (exact) mass is 326 g/mol. The van der Waals surface area contributed by atoms with Gasteiger partial charge in [0.05, 0.1) is 11.5 Å². The van der Waals surface area contributed by atoms with E-state index in [2.05, 4.69) is 25.1 Å². The van der Waals surface area contributed by atoms with E-state index in [1.54, 1.807) is 7.11 Å². The Kier molecular flexibility index (Phi) is 5.20. The van der Waals surface area contributed by atoms with Crippen molar-refractivity contribution in [2.24, 2.45) is 5.41 Å². The first-order chi connectivity index (χ1) is 11.7. The van der Waals surface area contributed by atoms with Crippen LogP contribution < -0.4 is 0 Å². The Morgan fingerprint density at radius 3 is 2.54 bits per heavy atom. The summed E-state index contributed by atoms with van der Waals surface area (Å²) in [6, 6.07) is 14.4. The summed E-state index contributed by atoms with van der Waals surface area (Å²) >= 11 is 0. The standard InChI is InChI=1S/C21H26O3/c1-3-21(13-11-18(23-2)12-14-21)20(22)24-15-17-9-6-8-16-7-4-5-10-19(16)17/h4-10,18H,3,11-15H2,1-2H3/t18-,21-. The minimum absolute atomic E-state index is 0.0486. The minimum Gasteiger partial charge on any atom is -0.460 e. The second-order valence-corrected chi connectivity index (χ2v) is 6.78. The van der Waals surface area contributed by atoms with Gasteiger partial charge in [-0.2, -0.15) is 0 Å². The zero-order chi connectivity index (χ0) is 17.0. The third-order valence-corrected chi connectivity index (χ3v) is 5.57. The zero-order valence-corrected chi connectivity index (χ0v) is 14.6. The van der Waals surface area contributed by atoms with Crippen molar-refractivity contribution in [2.45, 2.75) is 51.7 Å². The van der Waals surface area contributed by atoms with Crippen LogP contribution in [0.2, 0.25) is 0 Å². The van der Waals surface area contributed by atoms with Crippen LogP contribution in [0.25, 0.3) is 10.8 Å². The van der Waals surface area contributed by atoms with Crippen molar-refractivity contribution in [1.82, 2.24) is 0 Å². The molecule has 3 rings (SSSR count). The summed E-state index contributed by atoms with van der Waals surface area (Å²) in [6.45, 7) is 2.43. The highest BCUT2D eigenvalue weighted by Gasteiger charge is 2.41. The molecular formula is C21H26O3. The van der Waals surface area contributed by atoms with Crippen molar-refractivity contribution < 1.29 is 14.3 Å². The number of fused-ring (bicyclic) bond motifs is 1. The van der Waals surface area contributed by atoms with Crippen molar-refractivity contribution in [1.29, 1.82) is 0 Å². The van der Waals surface area contributed by atoms with E-state index in [-0.39, 0.29) is 17.5 Å². The minimum atomic E-state index is -0.334. The summed E-state index contributed by atoms with van der Waals surface area (Å²) in [5.41, 5.74) is 0.734. The molecule has 0 atom stereocenters. The Bertz CT molecular complexity index is 694. The van der Waals surface area contributed by atoms with Gasteiger partial charge in [0.1, 0.15) is 6.61 Å². The van der Waals surface area contributed by atoms with Gasteiger partial charge in [0, 0.05) is 7.11 Å². The topological polar surface area (TPSA) is 35.5 Å². The summed E-state index contributed by atoms with van der Waals surface area (Å²) in [6.07, 6.45) is 4.71. The van der Waals surface area contributed by atoms with Crippen LogP contribution >= 0.6 is 0 Å². The number of rotatable bonds is 5. The molecule has 1 saturated carbocycles. The van der Waals surface area contributed by atoms with Crippen molar-refractivity contribution in [2.75, 3.05) is 7.11 Å². The van der Waals surface area contributed by atoms with Gasteiger partial charge in [-0.1, -0.05) is 49.4 Å². The smallest absolute Gasteiger partial charge is 0.312 e. The second kappa shape index (κ2) is 7.35. The molecule has 0 aliphatic heterocycles. The summed E-state index contributed by atoms with van der Waals surface area (Å²) in [5.74, 6) is -0.0486. The molecule has 0 bridgehead atoms. The van der Waals surface area contributed by atoms with Gasteiger partial charge in [-0.15, -0.1) is 0 Å². The molecule has 2 aromatic rings. The molecule has 2 aromatic carbocycles. The number of ether oxygens (including phenoxy) is 2. The summed E-state index contributed by atoms with van der Waals surface area (Å²) < 4.78 is 11.2. The van der Waals surface area contributed by atoms with E-state index in [9.17, 15) is 4.79 Å². The molecule has 0 aromatic heterocycles. The van der Waals surface area contributed by atoms with Crippen LogP contribution in [0.3, 0.4) is 0 Å². The normalized spacial score (nSPS) is 24.0. The quantitative estimate of drug-likeness (QED) is 0.735. The lowest BCUT2D eigenvalue weighted by Crippen LogP contribution is -2.38. The molecular weight excluding hydrogens is 300 g/mol. The molecule has 24 heavy (non-hydrogen) atoms. The van der Waals surface area contributed by atoms with Gasteiger partial charge in [-0.25, -0.2) is 0 Å². The van der Waals surface area contributed by atoms with Crippen LogP contribution in [0.1, 0.15) is 44.6 Å². The maximum Gasteiger partial charge on any atom is 0.312 e. The van der Waals surface area contributed by atoms with Crippen molar-refractivity contribution >= 4 is 16.7 Å². The third-order valence-electron chi connectivity index (χ3n) is 5.57. The first-order valence-electron chi connectivity index (χ1n) is 8.85. The zero-order valence-electron chi connectivity index (χ0n) is 14.6. The van der Waals surface area contributed by atoms with E-state index in [0.717, 1.165) is 43.1 Å². The van der Waals surface area contributed by atoms with Crippen LogP contribution in [0.4, 0.5) is 0 Å². The number of benzene rings is 2. The lowest BCUT2D eigenvalue weighted by molar-refractivity contribution is -0.161. The van der Waals surface area contributed by atoms with Gasteiger partial charge < -0.3 is 9.47 Å². The van der Waals surface area contributed by atoms with Crippen LogP contribution in [-0.4, -0.2) is 19.2 Å². The number of esters is 1. The fraction of sp³-hybridized carbons (Fsp3) is 0.476. The van der Waals surface area contributed by atoms with Gasteiger partial charge in [0.2, 0.25) is 0 Å². The number of methoxy groups -OCH3 is 1. The molecule has 0 saturated heterocycles. The predicted molar refractivity (Wildman–Crippen MR) is 95.7 cm³/mol. The highest BCUT2D eigenvalue weighted by Crippen LogP contribution is 2.41. The van der Waals surface area contributed by atoms with Crippen LogP contribution in [-0.2, 0) is 20.9 Å². The molecule has 1 fully saturated rings. The van der Waals surface area contributed by atoms with E-state index in [0.29, 0.717) is 6.61 Å². The molecule has 0 unspecified atom stereocenters. The highest BCUT2D eigenvalue weighted by atomic mass is 16.5. The van der Waals surface area contributed by atoms with E-state index in [1.165, 1.54) is 5.39 Å². The Morgan fingerprint density at radius 1 is 1.12 bits per heavy atom. The third kappa shape index (κ3) is 3.32. The fourth-order valence-corrected chi connectivity index (χ4v) is 3.80. The average molecular weight is 326 g/mol. The fourth-order valence-electron chi connectivity index (χ4n) is 3.80. The van der Waals surface area contributed by atoms with Gasteiger partial charge in [-0.3, -0.25) is 4.79 Å². The number of carbonyl (C=O) groups excluding carboxylic acids is 1. The Balaban J connectivity index is 1.70. The Hall–Kier alpha value is -1.87. The van der Waals surface area contributed by atoms with Crippen LogP contribution in [0, 0.1) is 5.41 Å². The van der Waals surface area contributed by atoms with E-state index >= 15 is 0 Å². The van der Waals surface area contributed by atoms with Crippen molar-refractivity contribution in [3.63, 3.8) is 0 Å². The maximum atomic E-state index is 12.8. The summed E-state index contributed by atoms with van der Waals surface area (Å²) in [7, 11) is 1.75. The largest absolute Gasteiger partial charge is 0.460 e. The summed E-state index contributed by atoms with van der Waals surface area (Å²) in [4.78, 5) is 12.8. The van der Waals surface area contributed by atoms with Crippen molar-refractivity contribution in [3.05, 3.63) is 48.0 Å². The van der Waals surface area contributed by atoms with E-state index < -0.39 is 0 Å². The molecule has 0 N–H and O–H groups in total. The maximum absolute atomic E-state index is 12.8. The Morgan fingerprint density at radius 2 is 1.83 bits per heavy atom. The van der Waals surface area contributed by atoms with Gasteiger partial charge in [0.15, 0.2) is 0 Å². The SMILES string of the molecule is CC[C@]1(C(=O)OCc2cccc3ccccc23)CC[C@H](OC)CC1.